The molecule has 33 heavy (non-hydrogen) atoms. The first-order valence-electron chi connectivity index (χ1n) is 10.3. The Labute approximate surface area is 189 Å². The number of carbonyl (C=O) groups excluding carboxylic acids is 1. The maximum absolute atomic E-state index is 14.0. The van der Waals surface area contributed by atoms with Gasteiger partial charge in [0.2, 0.25) is 11.7 Å². The Hall–Kier alpha value is -3.95. The van der Waals surface area contributed by atoms with Gasteiger partial charge in [-0.25, -0.2) is 19.6 Å². The number of aryl methyl sites for hydroxylation is 1. The lowest BCUT2D eigenvalue weighted by Gasteiger charge is -2.17. The maximum Gasteiger partial charge on any atom is 0.303 e. The topological polar surface area (TPSA) is 88.8 Å². The summed E-state index contributed by atoms with van der Waals surface area (Å²) in [5.41, 5.74) is 2.03. The molecule has 0 fully saturated rings. The molecule has 4 aromatic rings. The Morgan fingerprint density at radius 2 is 1.91 bits per heavy atom. The summed E-state index contributed by atoms with van der Waals surface area (Å²) in [6.07, 6.45) is 1.60. The number of carbonyl (C=O) groups is 1. The molecule has 0 atom stereocenters. The highest BCUT2D eigenvalue weighted by atomic mass is 19.3. The van der Waals surface area contributed by atoms with Gasteiger partial charge in [0.1, 0.15) is 5.82 Å². The van der Waals surface area contributed by atoms with Crippen molar-refractivity contribution >= 4 is 28.4 Å². The van der Waals surface area contributed by atoms with Gasteiger partial charge in [-0.3, -0.25) is 4.79 Å². The van der Waals surface area contributed by atoms with E-state index >= 15 is 0 Å². The Morgan fingerprint density at radius 1 is 1.18 bits per heavy atom. The number of rotatable bonds is 6. The van der Waals surface area contributed by atoms with Crippen LogP contribution in [-0.2, 0) is 17.3 Å². The van der Waals surface area contributed by atoms with Crippen molar-refractivity contribution in [3.8, 4) is 5.82 Å². The largest absolute Gasteiger partial charge is 0.353 e. The van der Waals surface area contributed by atoms with Crippen LogP contribution in [0.15, 0.2) is 48.7 Å². The first-order valence-corrected chi connectivity index (χ1v) is 10.3. The Balaban J connectivity index is 1.88. The van der Waals surface area contributed by atoms with Crippen LogP contribution in [0.5, 0.6) is 0 Å². The molecule has 0 bridgehead atoms. The van der Waals surface area contributed by atoms with E-state index in [0.717, 1.165) is 12.5 Å². The molecule has 1 aromatic carbocycles. The fourth-order valence-corrected chi connectivity index (χ4v) is 3.49. The minimum atomic E-state index is -3.21. The van der Waals surface area contributed by atoms with Gasteiger partial charge in [-0.1, -0.05) is 30.3 Å². The summed E-state index contributed by atoms with van der Waals surface area (Å²) in [7, 11) is 1.89. The van der Waals surface area contributed by atoms with E-state index in [1.807, 2.05) is 42.3 Å². The molecule has 0 spiro atoms. The first kappa shape index (κ1) is 22.3. The monoisotopic (exact) mass is 451 g/mol. The molecule has 1 amide bonds. The summed E-state index contributed by atoms with van der Waals surface area (Å²) in [4.78, 5) is 25.8. The third-order valence-electron chi connectivity index (χ3n) is 4.92. The van der Waals surface area contributed by atoms with Crippen molar-refractivity contribution in [2.24, 2.45) is 0 Å². The molecular weight excluding hydrogens is 428 g/mol. The fraction of sp³-hybridized carbons (Fsp3) is 0.261. The van der Waals surface area contributed by atoms with Crippen molar-refractivity contribution in [1.82, 2.24) is 24.7 Å². The number of amides is 1. The van der Waals surface area contributed by atoms with Gasteiger partial charge in [0, 0.05) is 51.5 Å². The molecule has 0 saturated heterocycles. The second kappa shape index (κ2) is 8.53. The second-order valence-electron chi connectivity index (χ2n) is 7.92. The summed E-state index contributed by atoms with van der Waals surface area (Å²) >= 11 is 0. The molecular formula is C23H23F2N7O. The number of benzene rings is 1. The van der Waals surface area contributed by atoms with Crippen molar-refractivity contribution in [1.29, 1.82) is 0 Å². The third kappa shape index (κ3) is 4.79. The molecule has 8 nitrogen and oxygen atoms in total. The predicted octanol–water partition coefficient (Wildman–Crippen LogP) is 4.23. The molecule has 0 unspecified atom stereocenters. The minimum absolute atomic E-state index is 0.198. The molecule has 170 valence electrons. The highest BCUT2D eigenvalue weighted by Gasteiger charge is 2.29. The summed E-state index contributed by atoms with van der Waals surface area (Å²) in [5, 5.41) is 8.02. The fourth-order valence-electron chi connectivity index (χ4n) is 3.49. The van der Waals surface area contributed by atoms with Gasteiger partial charge >= 0.3 is 5.92 Å². The molecule has 0 aliphatic carbocycles. The zero-order chi connectivity index (χ0) is 23.8. The van der Waals surface area contributed by atoms with Gasteiger partial charge < -0.3 is 10.2 Å². The van der Waals surface area contributed by atoms with Gasteiger partial charge in [0.05, 0.1) is 10.9 Å². The minimum Gasteiger partial charge on any atom is -0.353 e. The van der Waals surface area contributed by atoms with Gasteiger partial charge in [-0.2, -0.15) is 8.78 Å². The van der Waals surface area contributed by atoms with Crippen LogP contribution < -0.4 is 10.2 Å². The number of alkyl halides is 2. The molecule has 3 aromatic heterocycles. The quantitative estimate of drug-likeness (QED) is 0.472. The van der Waals surface area contributed by atoms with Crippen LogP contribution >= 0.6 is 0 Å². The smallest absolute Gasteiger partial charge is 0.303 e. The number of hydrogen-bond donors (Lipinski definition) is 1. The van der Waals surface area contributed by atoms with Crippen LogP contribution in [0.2, 0.25) is 0 Å². The summed E-state index contributed by atoms with van der Waals surface area (Å²) in [6.45, 7) is 4.33. The van der Waals surface area contributed by atoms with Crippen LogP contribution in [0.25, 0.3) is 16.7 Å². The van der Waals surface area contributed by atoms with Gasteiger partial charge in [0.25, 0.3) is 0 Å². The highest BCUT2D eigenvalue weighted by molar-refractivity contribution is 5.95. The van der Waals surface area contributed by atoms with E-state index in [-0.39, 0.29) is 11.7 Å². The molecule has 1 N–H and O–H groups in total. The lowest BCUT2D eigenvalue weighted by atomic mass is 10.2. The average Bonchev–Trinajstić information content (AvgIpc) is 3.12. The highest BCUT2D eigenvalue weighted by Crippen LogP contribution is 2.31. The van der Waals surface area contributed by atoms with Crippen LogP contribution in [-0.4, -0.2) is 37.7 Å². The zero-order valence-electron chi connectivity index (χ0n) is 18.7. The number of hydrogen-bond acceptors (Lipinski definition) is 6. The lowest BCUT2D eigenvalue weighted by Crippen LogP contribution is -2.18. The van der Waals surface area contributed by atoms with Crippen LogP contribution in [0, 0.1) is 6.92 Å². The maximum atomic E-state index is 14.0. The molecule has 0 aliphatic rings. The van der Waals surface area contributed by atoms with E-state index in [1.165, 1.54) is 11.6 Å². The van der Waals surface area contributed by atoms with E-state index in [1.54, 1.807) is 25.3 Å². The van der Waals surface area contributed by atoms with Gasteiger partial charge in [0.15, 0.2) is 11.6 Å². The van der Waals surface area contributed by atoms with Crippen molar-refractivity contribution < 1.29 is 13.6 Å². The first-order chi connectivity index (χ1) is 15.6. The number of halogens is 2. The standard InChI is InChI=1S/C23H23F2N7O/c1-14-10-20(29-22(27-14)23(3,24)25)32-18-11-19(28-15(2)33)26-12-17(18)21(30-32)31(4)13-16-8-6-5-7-9-16/h5-12H,13H2,1-4H3,(H,26,28,33). The van der Waals surface area contributed by atoms with E-state index in [9.17, 15) is 13.6 Å². The molecule has 0 radical (unpaired) electrons. The number of nitrogens with zero attached hydrogens (tertiary/aromatic N) is 6. The van der Waals surface area contributed by atoms with Crippen LogP contribution in [0.4, 0.5) is 20.4 Å². The Bertz CT molecular complexity index is 1320. The van der Waals surface area contributed by atoms with Crippen LogP contribution in [0.3, 0.4) is 0 Å². The van der Waals surface area contributed by atoms with Crippen LogP contribution in [0.1, 0.15) is 30.9 Å². The Morgan fingerprint density at radius 3 is 2.58 bits per heavy atom. The third-order valence-corrected chi connectivity index (χ3v) is 4.92. The van der Waals surface area contributed by atoms with E-state index < -0.39 is 11.7 Å². The van der Waals surface area contributed by atoms with E-state index in [2.05, 4.69) is 20.3 Å². The van der Waals surface area contributed by atoms with Crippen molar-refractivity contribution in [3.05, 3.63) is 65.7 Å². The van der Waals surface area contributed by atoms with Gasteiger partial charge in [-0.15, -0.1) is 5.10 Å². The molecule has 0 saturated carbocycles. The van der Waals surface area contributed by atoms with Crippen molar-refractivity contribution in [2.75, 3.05) is 17.3 Å². The second-order valence-corrected chi connectivity index (χ2v) is 7.92. The average molecular weight is 451 g/mol. The predicted molar refractivity (Wildman–Crippen MR) is 122 cm³/mol. The van der Waals surface area contributed by atoms with E-state index in [0.29, 0.717) is 34.8 Å². The normalized spacial score (nSPS) is 11.6. The molecule has 10 heteroatoms. The Kier molecular flexibility index (Phi) is 5.75. The van der Waals surface area contributed by atoms with Crippen molar-refractivity contribution in [2.45, 2.75) is 33.2 Å². The number of aromatic nitrogens is 5. The van der Waals surface area contributed by atoms with Gasteiger partial charge in [-0.05, 0) is 12.5 Å². The summed E-state index contributed by atoms with van der Waals surface area (Å²) < 4.78 is 29.5. The lowest BCUT2D eigenvalue weighted by molar-refractivity contribution is -0.114. The molecule has 0 aliphatic heterocycles. The summed E-state index contributed by atoms with van der Waals surface area (Å²) in [5.74, 6) is -2.96. The number of fused-ring (bicyclic) bond motifs is 1. The SMILES string of the molecule is CC(=O)Nc1cc2c(cn1)c(N(C)Cc1ccccc1)nn2-c1cc(C)nc(C(C)(F)F)n1. The van der Waals surface area contributed by atoms with E-state index in [4.69, 9.17) is 5.10 Å². The molecule has 3 heterocycles. The zero-order valence-corrected chi connectivity index (χ0v) is 18.7. The summed E-state index contributed by atoms with van der Waals surface area (Å²) in [6, 6.07) is 13.1. The molecule has 4 rings (SSSR count). The number of anilines is 2. The number of pyridine rings is 1. The number of nitrogens with one attached hydrogen (secondary N) is 1. The van der Waals surface area contributed by atoms with Crippen molar-refractivity contribution in [3.63, 3.8) is 0 Å².